The topological polar surface area (TPSA) is 67.4 Å². The summed E-state index contributed by atoms with van der Waals surface area (Å²) in [6.45, 7) is -0.0930. The van der Waals surface area contributed by atoms with E-state index in [0.717, 1.165) is 10.5 Å². The van der Waals surface area contributed by atoms with Gasteiger partial charge in [-0.3, -0.25) is 9.59 Å². The van der Waals surface area contributed by atoms with Crippen LogP contribution in [0.5, 0.6) is 5.75 Å². The largest absolute Gasteiger partial charge is 0.484 e. The van der Waals surface area contributed by atoms with Crippen LogP contribution in [0, 0.1) is 0 Å². The van der Waals surface area contributed by atoms with E-state index in [0.29, 0.717) is 27.2 Å². The molecule has 0 radical (unpaired) electrons. The van der Waals surface area contributed by atoms with Crippen LogP contribution in [-0.4, -0.2) is 18.4 Å². The molecule has 1 atom stereocenters. The number of benzene rings is 4. The molecule has 36 heavy (non-hydrogen) atoms. The number of thioether (sulfide) groups is 1. The molecule has 0 aliphatic heterocycles. The quantitative estimate of drug-likeness (QED) is 0.217. The van der Waals surface area contributed by atoms with Crippen molar-refractivity contribution in [1.82, 2.24) is 0 Å². The number of halogens is 2. The Hall–Kier alpha value is -3.45. The summed E-state index contributed by atoms with van der Waals surface area (Å²) in [7, 11) is 0. The molecule has 182 valence electrons. The van der Waals surface area contributed by atoms with Crippen LogP contribution in [0.15, 0.2) is 108 Å². The minimum Gasteiger partial charge on any atom is -0.484 e. The Morgan fingerprint density at radius 3 is 2.00 bits per heavy atom. The van der Waals surface area contributed by atoms with E-state index in [2.05, 4.69) is 10.6 Å². The lowest BCUT2D eigenvalue weighted by Crippen LogP contribution is -2.20. The predicted octanol–water partition coefficient (Wildman–Crippen LogP) is 7.48. The average Bonchev–Trinajstić information content (AvgIpc) is 2.87. The van der Waals surface area contributed by atoms with Crippen molar-refractivity contribution in [2.45, 2.75) is 10.1 Å². The third-order valence-electron chi connectivity index (χ3n) is 4.98. The number of para-hydroxylation sites is 1. The van der Waals surface area contributed by atoms with Crippen LogP contribution in [0.4, 0.5) is 11.4 Å². The molecule has 0 saturated heterocycles. The third kappa shape index (κ3) is 7.52. The molecule has 0 aromatic heterocycles. The van der Waals surface area contributed by atoms with Gasteiger partial charge in [0.2, 0.25) is 5.91 Å². The van der Waals surface area contributed by atoms with Crippen LogP contribution in [0.2, 0.25) is 10.0 Å². The van der Waals surface area contributed by atoms with E-state index in [4.69, 9.17) is 27.9 Å². The van der Waals surface area contributed by atoms with E-state index in [-0.39, 0.29) is 18.4 Å². The van der Waals surface area contributed by atoms with Gasteiger partial charge in [0.25, 0.3) is 5.91 Å². The molecular formula is C28H22Cl2N2O3S. The second kappa shape index (κ2) is 12.5. The van der Waals surface area contributed by atoms with Gasteiger partial charge < -0.3 is 15.4 Å². The lowest BCUT2D eigenvalue weighted by atomic mass is 10.1. The summed E-state index contributed by atoms with van der Waals surface area (Å²) in [6.07, 6.45) is 0. The molecule has 1 unspecified atom stereocenters. The fourth-order valence-corrected chi connectivity index (χ4v) is 4.90. The molecule has 8 heteroatoms. The van der Waals surface area contributed by atoms with Crippen molar-refractivity contribution in [3.63, 3.8) is 0 Å². The van der Waals surface area contributed by atoms with E-state index in [1.54, 1.807) is 42.5 Å². The molecule has 0 aliphatic carbocycles. The van der Waals surface area contributed by atoms with E-state index in [1.807, 2.05) is 60.7 Å². The first-order valence-corrected chi connectivity index (χ1v) is 12.7. The van der Waals surface area contributed by atoms with Crippen LogP contribution in [0.1, 0.15) is 10.8 Å². The highest BCUT2D eigenvalue weighted by Crippen LogP contribution is 2.37. The number of carbonyl (C=O) groups is 2. The van der Waals surface area contributed by atoms with E-state index >= 15 is 0 Å². The Bertz CT molecular complexity index is 1300. The highest BCUT2D eigenvalue weighted by atomic mass is 35.5. The zero-order valence-corrected chi connectivity index (χ0v) is 21.3. The molecule has 4 aromatic carbocycles. The van der Waals surface area contributed by atoms with Crippen molar-refractivity contribution in [1.29, 1.82) is 0 Å². The van der Waals surface area contributed by atoms with Gasteiger partial charge in [0.05, 0.1) is 0 Å². The van der Waals surface area contributed by atoms with Gasteiger partial charge in [0.15, 0.2) is 6.61 Å². The molecule has 2 N–H and O–H groups in total. The Labute approximate surface area is 223 Å². The summed E-state index contributed by atoms with van der Waals surface area (Å²) in [6, 6.07) is 30.9. The van der Waals surface area contributed by atoms with Crippen molar-refractivity contribution < 1.29 is 14.3 Å². The molecule has 4 rings (SSSR count). The predicted molar refractivity (Wildman–Crippen MR) is 147 cm³/mol. The minimum absolute atomic E-state index is 0.0930. The van der Waals surface area contributed by atoms with E-state index in [9.17, 15) is 9.59 Å². The molecule has 5 nitrogen and oxygen atoms in total. The number of amides is 2. The molecule has 0 spiro atoms. The van der Waals surface area contributed by atoms with Crippen LogP contribution >= 0.6 is 35.0 Å². The standard InChI is InChI=1S/C28H22Cl2N2O3S/c29-20-15-21(30)17-23(16-20)32-28(34)27(19-7-3-1-4-8-19)36-25-13-11-22(12-14-25)31-26(33)18-35-24-9-5-2-6-10-24/h1-17,27H,18H2,(H,31,33)(H,32,34). The molecule has 4 aromatic rings. The number of hydrogen-bond donors (Lipinski definition) is 2. The molecule has 0 aliphatic rings. The van der Waals surface area contributed by atoms with Gasteiger partial charge in [-0.1, -0.05) is 71.7 Å². The molecular weight excluding hydrogens is 515 g/mol. The fourth-order valence-electron chi connectivity index (χ4n) is 3.35. The summed E-state index contributed by atoms with van der Waals surface area (Å²) in [5.74, 6) is 0.158. The van der Waals surface area contributed by atoms with Crippen molar-refractivity contribution in [2.75, 3.05) is 17.2 Å². The summed E-state index contributed by atoms with van der Waals surface area (Å²) in [5.41, 5.74) is 2.01. The Morgan fingerprint density at radius 1 is 0.750 bits per heavy atom. The van der Waals surface area contributed by atoms with Gasteiger partial charge in [0, 0.05) is 26.3 Å². The first-order valence-electron chi connectivity index (χ1n) is 11.0. The molecule has 0 saturated carbocycles. The Balaban J connectivity index is 1.42. The van der Waals surface area contributed by atoms with E-state index in [1.165, 1.54) is 11.8 Å². The fraction of sp³-hybridized carbons (Fsp3) is 0.0714. The van der Waals surface area contributed by atoms with E-state index < -0.39 is 5.25 Å². The Kier molecular flexibility index (Phi) is 8.90. The number of nitrogens with one attached hydrogen (secondary N) is 2. The van der Waals surface area contributed by atoms with Crippen molar-refractivity contribution in [3.05, 3.63) is 119 Å². The lowest BCUT2D eigenvalue weighted by molar-refractivity contribution is -0.118. The summed E-state index contributed by atoms with van der Waals surface area (Å²) >= 11 is 13.6. The van der Waals surface area contributed by atoms with Gasteiger partial charge in [0.1, 0.15) is 11.0 Å². The van der Waals surface area contributed by atoms with Crippen LogP contribution in [0.3, 0.4) is 0 Å². The van der Waals surface area contributed by atoms with Gasteiger partial charge in [-0.15, -0.1) is 11.8 Å². The Morgan fingerprint density at radius 2 is 1.36 bits per heavy atom. The SMILES string of the molecule is O=C(COc1ccccc1)Nc1ccc(SC(C(=O)Nc2cc(Cl)cc(Cl)c2)c2ccccc2)cc1. The van der Waals surface area contributed by atoms with Crippen LogP contribution < -0.4 is 15.4 Å². The normalized spacial score (nSPS) is 11.4. The highest BCUT2D eigenvalue weighted by molar-refractivity contribution is 8.00. The summed E-state index contributed by atoms with van der Waals surface area (Å²) in [4.78, 5) is 26.3. The van der Waals surface area contributed by atoms with Gasteiger partial charge in [-0.25, -0.2) is 0 Å². The number of carbonyl (C=O) groups excluding carboxylic acids is 2. The maximum atomic E-state index is 13.3. The van der Waals surface area contributed by atoms with Crippen molar-refractivity contribution in [2.24, 2.45) is 0 Å². The zero-order valence-electron chi connectivity index (χ0n) is 19.0. The maximum absolute atomic E-state index is 13.3. The first-order chi connectivity index (χ1) is 17.5. The molecule has 2 amide bonds. The second-order valence-corrected chi connectivity index (χ2v) is 9.78. The average molecular weight is 537 g/mol. The van der Waals surface area contributed by atoms with Crippen LogP contribution in [0.25, 0.3) is 0 Å². The molecule has 0 bridgehead atoms. The number of anilines is 2. The summed E-state index contributed by atoms with van der Waals surface area (Å²) in [5, 5.41) is 6.07. The number of ether oxygens (including phenoxy) is 1. The minimum atomic E-state index is -0.524. The molecule has 0 fully saturated rings. The second-order valence-electron chi connectivity index (χ2n) is 7.73. The lowest BCUT2D eigenvalue weighted by Gasteiger charge is -2.18. The van der Waals surface area contributed by atoms with Crippen molar-refractivity contribution >= 4 is 58.2 Å². The van der Waals surface area contributed by atoms with Gasteiger partial charge in [-0.2, -0.15) is 0 Å². The van der Waals surface area contributed by atoms with Crippen molar-refractivity contribution in [3.8, 4) is 5.75 Å². The zero-order chi connectivity index (χ0) is 25.3. The number of hydrogen-bond acceptors (Lipinski definition) is 4. The van der Waals surface area contributed by atoms with Crippen LogP contribution in [-0.2, 0) is 9.59 Å². The van der Waals surface area contributed by atoms with Gasteiger partial charge in [-0.05, 0) is 60.2 Å². The smallest absolute Gasteiger partial charge is 0.262 e. The van der Waals surface area contributed by atoms with Gasteiger partial charge >= 0.3 is 0 Å². The summed E-state index contributed by atoms with van der Waals surface area (Å²) < 4.78 is 5.48. The first kappa shape index (κ1) is 25.6. The maximum Gasteiger partial charge on any atom is 0.262 e. The monoisotopic (exact) mass is 536 g/mol. The molecule has 0 heterocycles. The highest BCUT2D eigenvalue weighted by Gasteiger charge is 2.22. The number of rotatable bonds is 9. The third-order valence-corrected chi connectivity index (χ3v) is 6.68.